The van der Waals surface area contributed by atoms with Crippen LogP contribution in [0.5, 0.6) is 0 Å². The van der Waals surface area contributed by atoms with E-state index >= 15 is 0 Å². The predicted octanol–water partition coefficient (Wildman–Crippen LogP) is 3.07. The van der Waals surface area contributed by atoms with Gasteiger partial charge in [0, 0.05) is 13.0 Å². The molecule has 0 aliphatic carbocycles. The van der Waals surface area contributed by atoms with Gasteiger partial charge < -0.3 is 5.11 Å². The van der Waals surface area contributed by atoms with E-state index in [0.29, 0.717) is 6.42 Å². The maximum Gasteiger partial charge on any atom is 0.0738 e. The molecular formula is C12H21BrN2O. The van der Waals surface area contributed by atoms with Crippen LogP contribution in [0.3, 0.4) is 0 Å². The van der Waals surface area contributed by atoms with Crippen LogP contribution >= 0.6 is 15.9 Å². The first-order chi connectivity index (χ1) is 7.47. The molecule has 0 aliphatic rings. The molecule has 92 valence electrons. The van der Waals surface area contributed by atoms with Gasteiger partial charge in [-0.25, -0.2) is 0 Å². The van der Waals surface area contributed by atoms with E-state index < -0.39 is 5.60 Å². The van der Waals surface area contributed by atoms with Gasteiger partial charge in [-0.15, -0.1) is 0 Å². The van der Waals surface area contributed by atoms with Crippen LogP contribution < -0.4 is 0 Å². The highest BCUT2D eigenvalue weighted by atomic mass is 79.9. The fourth-order valence-corrected chi connectivity index (χ4v) is 2.27. The van der Waals surface area contributed by atoms with Crippen molar-refractivity contribution in [2.24, 2.45) is 0 Å². The molecule has 16 heavy (non-hydrogen) atoms. The van der Waals surface area contributed by atoms with E-state index in [1.165, 1.54) is 0 Å². The van der Waals surface area contributed by atoms with Crippen molar-refractivity contribution < 1.29 is 5.11 Å². The molecule has 4 heteroatoms. The highest BCUT2D eigenvalue weighted by Crippen LogP contribution is 2.28. The lowest BCUT2D eigenvalue weighted by Crippen LogP contribution is -2.30. The Labute approximate surface area is 106 Å². The molecule has 1 rings (SSSR count). The summed E-state index contributed by atoms with van der Waals surface area (Å²) in [6.45, 7) is 8.94. The van der Waals surface area contributed by atoms with Crippen molar-refractivity contribution in [3.05, 3.63) is 15.9 Å². The van der Waals surface area contributed by atoms with Crippen molar-refractivity contribution >= 4 is 15.9 Å². The maximum absolute atomic E-state index is 10.4. The van der Waals surface area contributed by atoms with Crippen molar-refractivity contribution in [2.75, 3.05) is 0 Å². The molecule has 1 heterocycles. The molecule has 0 radical (unpaired) electrons. The highest BCUT2D eigenvalue weighted by Gasteiger charge is 2.26. The molecule has 3 nitrogen and oxygen atoms in total. The second-order valence-electron chi connectivity index (χ2n) is 4.27. The second-order valence-corrected chi connectivity index (χ2v) is 5.06. The summed E-state index contributed by atoms with van der Waals surface area (Å²) in [5.41, 5.74) is 1.49. The minimum Gasteiger partial charge on any atom is -0.390 e. The Morgan fingerprint density at radius 1 is 1.31 bits per heavy atom. The van der Waals surface area contributed by atoms with Gasteiger partial charge in [-0.1, -0.05) is 13.8 Å². The largest absolute Gasteiger partial charge is 0.390 e. The molecular weight excluding hydrogens is 268 g/mol. The van der Waals surface area contributed by atoms with Crippen molar-refractivity contribution in [3.63, 3.8) is 0 Å². The third kappa shape index (κ3) is 2.66. The fraction of sp³-hybridized carbons (Fsp3) is 0.750. The van der Waals surface area contributed by atoms with Gasteiger partial charge in [0.05, 0.1) is 21.5 Å². The summed E-state index contributed by atoms with van der Waals surface area (Å²) in [6, 6.07) is 0. The van der Waals surface area contributed by atoms with Gasteiger partial charge in [0.1, 0.15) is 0 Å². The summed E-state index contributed by atoms with van der Waals surface area (Å²) in [7, 11) is 0. The zero-order chi connectivity index (χ0) is 12.3. The molecule has 0 saturated carbocycles. The molecule has 0 atom stereocenters. The van der Waals surface area contributed by atoms with E-state index in [1.807, 2.05) is 25.5 Å². The number of nitrogens with zero attached hydrogens (tertiary/aromatic N) is 2. The smallest absolute Gasteiger partial charge is 0.0738 e. The molecule has 1 N–H and O–H groups in total. The van der Waals surface area contributed by atoms with E-state index in [4.69, 9.17) is 0 Å². The Balaban J connectivity index is 3.04. The normalized spacial score (nSPS) is 12.1. The Morgan fingerprint density at radius 3 is 2.31 bits per heavy atom. The summed E-state index contributed by atoms with van der Waals surface area (Å²) >= 11 is 3.56. The van der Waals surface area contributed by atoms with E-state index in [-0.39, 0.29) is 0 Å². The molecule has 0 spiro atoms. The molecule has 1 aromatic heterocycles. The molecule has 0 amide bonds. The lowest BCUT2D eigenvalue weighted by atomic mass is 9.92. The van der Waals surface area contributed by atoms with E-state index in [0.717, 1.165) is 35.2 Å². The molecule has 0 saturated heterocycles. The quantitative estimate of drug-likeness (QED) is 0.904. The number of hydrogen-bond donors (Lipinski definition) is 1. The second kappa shape index (κ2) is 5.32. The van der Waals surface area contributed by atoms with Gasteiger partial charge in [-0.3, -0.25) is 4.68 Å². The van der Waals surface area contributed by atoms with Crippen molar-refractivity contribution in [1.29, 1.82) is 0 Å². The average Bonchev–Trinajstić information content (AvgIpc) is 2.56. The number of rotatable bonds is 5. The first kappa shape index (κ1) is 13.7. The zero-order valence-electron chi connectivity index (χ0n) is 10.5. The minimum atomic E-state index is -0.609. The van der Waals surface area contributed by atoms with Crippen LogP contribution in [0.25, 0.3) is 0 Å². The van der Waals surface area contributed by atoms with E-state index in [2.05, 4.69) is 28.0 Å². The summed E-state index contributed by atoms with van der Waals surface area (Å²) in [5, 5.41) is 14.8. The van der Waals surface area contributed by atoms with Crippen LogP contribution in [0.15, 0.2) is 4.47 Å². The number of halogens is 1. The van der Waals surface area contributed by atoms with Gasteiger partial charge in [0.25, 0.3) is 0 Å². The van der Waals surface area contributed by atoms with Gasteiger partial charge in [-0.05, 0) is 42.6 Å². The molecule has 0 aliphatic heterocycles. The standard InChI is InChI=1S/C12H21BrN2O/c1-5-12(16,6-2)8-10-11(13)9(4)14-15(10)7-3/h16H,5-8H2,1-4H3. The Hall–Kier alpha value is -0.350. The van der Waals surface area contributed by atoms with Crippen LogP contribution in [0.1, 0.15) is 45.0 Å². The Morgan fingerprint density at radius 2 is 1.88 bits per heavy atom. The Kier molecular flexibility index (Phi) is 4.56. The molecule has 1 aromatic rings. The van der Waals surface area contributed by atoms with E-state index in [9.17, 15) is 5.11 Å². The topological polar surface area (TPSA) is 38.0 Å². The van der Waals surface area contributed by atoms with Crippen LogP contribution in [0.4, 0.5) is 0 Å². The number of aromatic nitrogens is 2. The summed E-state index contributed by atoms with van der Waals surface area (Å²) in [4.78, 5) is 0. The van der Waals surface area contributed by atoms with Gasteiger partial charge in [-0.2, -0.15) is 5.10 Å². The third-order valence-corrected chi connectivity index (χ3v) is 4.30. The molecule has 0 unspecified atom stereocenters. The summed E-state index contributed by atoms with van der Waals surface area (Å²) in [6.07, 6.45) is 2.20. The molecule has 0 fully saturated rings. The van der Waals surface area contributed by atoms with Gasteiger partial charge >= 0.3 is 0 Å². The monoisotopic (exact) mass is 288 g/mol. The minimum absolute atomic E-state index is 0.609. The van der Waals surface area contributed by atoms with Crippen LogP contribution in [-0.2, 0) is 13.0 Å². The summed E-state index contributed by atoms with van der Waals surface area (Å²) in [5.74, 6) is 0. The van der Waals surface area contributed by atoms with Crippen LogP contribution in [0, 0.1) is 6.92 Å². The maximum atomic E-state index is 10.4. The number of aliphatic hydroxyl groups is 1. The van der Waals surface area contributed by atoms with Crippen molar-refractivity contribution in [2.45, 2.75) is 59.1 Å². The van der Waals surface area contributed by atoms with Crippen molar-refractivity contribution in [1.82, 2.24) is 9.78 Å². The van der Waals surface area contributed by atoms with Gasteiger partial charge in [0.15, 0.2) is 0 Å². The average molecular weight is 289 g/mol. The Bertz CT molecular complexity index is 356. The number of hydrogen-bond acceptors (Lipinski definition) is 2. The third-order valence-electron chi connectivity index (χ3n) is 3.27. The first-order valence-corrected chi connectivity index (χ1v) is 6.70. The lowest BCUT2D eigenvalue weighted by molar-refractivity contribution is 0.0305. The molecule has 0 bridgehead atoms. The van der Waals surface area contributed by atoms with Crippen LogP contribution in [0.2, 0.25) is 0 Å². The van der Waals surface area contributed by atoms with E-state index in [1.54, 1.807) is 0 Å². The zero-order valence-corrected chi connectivity index (χ0v) is 12.1. The van der Waals surface area contributed by atoms with Crippen LogP contribution in [-0.4, -0.2) is 20.5 Å². The molecule has 0 aromatic carbocycles. The number of aryl methyl sites for hydroxylation is 2. The SMILES string of the molecule is CCn1nc(C)c(Br)c1CC(O)(CC)CC. The van der Waals surface area contributed by atoms with Gasteiger partial charge in [0.2, 0.25) is 0 Å². The summed E-state index contributed by atoms with van der Waals surface area (Å²) < 4.78 is 3.00. The highest BCUT2D eigenvalue weighted by molar-refractivity contribution is 9.10. The first-order valence-electron chi connectivity index (χ1n) is 5.91. The predicted molar refractivity (Wildman–Crippen MR) is 69.6 cm³/mol. The lowest BCUT2D eigenvalue weighted by Gasteiger charge is -2.25. The van der Waals surface area contributed by atoms with Crippen molar-refractivity contribution in [3.8, 4) is 0 Å². The fourth-order valence-electron chi connectivity index (χ4n) is 1.85.